The molecule has 140 valence electrons. The van der Waals surface area contributed by atoms with Gasteiger partial charge in [-0.05, 0) is 24.6 Å². The fourth-order valence-electron chi connectivity index (χ4n) is 3.21. The fraction of sp³-hybridized carbons (Fsp3) is 0.368. The number of anilines is 1. The zero-order valence-corrected chi connectivity index (χ0v) is 15.6. The van der Waals surface area contributed by atoms with Gasteiger partial charge in [-0.1, -0.05) is 0 Å². The number of aromatic nitrogens is 4. The SMILES string of the molecule is CN1CCN(CC(=O)Nc2cc3cc(-c4cnn(C)c4)ncc3cn2)CC1. The minimum Gasteiger partial charge on any atom is -0.310 e. The van der Waals surface area contributed by atoms with E-state index in [-0.39, 0.29) is 5.91 Å². The van der Waals surface area contributed by atoms with Crippen molar-refractivity contribution < 1.29 is 4.79 Å². The van der Waals surface area contributed by atoms with E-state index < -0.39 is 0 Å². The van der Waals surface area contributed by atoms with Crippen molar-refractivity contribution >= 4 is 22.5 Å². The van der Waals surface area contributed by atoms with Gasteiger partial charge >= 0.3 is 0 Å². The van der Waals surface area contributed by atoms with E-state index in [0.717, 1.165) is 48.2 Å². The summed E-state index contributed by atoms with van der Waals surface area (Å²) in [4.78, 5) is 25.6. The molecule has 8 heteroatoms. The van der Waals surface area contributed by atoms with Crippen LogP contribution >= 0.6 is 0 Å². The normalized spacial score (nSPS) is 15.9. The maximum Gasteiger partial charge on any atom is 0.239 e. The lowest BCUT2D eigenvalue weighted by molar-refractivity contribution is -0.117. The van der Waals surface area contributed by atoms with Crippen molar-refractivity contribution in [2.24, 2.45) is 7.05 Å². The van der Waals surface area contributed by atoms with Crippen molar-refractivity contribution in [1.82, 2.24) is 29.5 Å². The molecular formula is C19H23N7O. The molecule has 1 aliphatic heterocycles. The zero-order chi connectivity index (χ0) is 18.8. The number of carbonyl (C=O) groups excluding carboxylic acids is 1. The van der Waals surface area contributed by atoms with Gasteiger partial charge in [0.05, 0.1) is 18.4 Å². The Morgan fingerprint density at radius 3 is 2.56 bits per heavy atom. The summed E-state index contributed by atoms with van der Waals surface area (Å²) in [5.41, 5.74) is 1.80. The molecule has 0 radical (unpaired) electrons. The monoisotopic (exact) mass is 365 g/mol. The van der Waals surface area contributed by atoms with E-state index in [1.54, 1.807) is 23.3 Å². The molecule has 0 unspecified atom stereocenters. The molecule has 8 nitrogen and oxygen atoms in total. The van der Waals surface area contributed by atoms with Gasteiger partial charge in [0.15, 0.2) is 0 Å². The third-order valence-corrected chi connectivity index (χ3v) is 4.83. The summed E-state index contributed by atoms with van der Waals surface area (Å²) in [7, 11) is 3.98. The molecule has 0 aromatic carbocycles. The largest absolute Gasteiger partial charge is 0.310 e. The number of nitrogens with one attached hydrogen (secondary N) is 1. The van der Waals surface area contributed by atoms with Crippen molar-refractivity contribution in [3.63, 3.8) is 0 Å². The second-order valence-corrected chi connectivity index (χ2v) is 7.02. The average molecular weight is 365 g/mol. The highest BCUT2D eigenvalue weighted by molar-refractivity contribution is 5.94. The Morgan fingerprint density at radius 1 is 1.04 bits per heavy atom. The number of amides is 1. The van der Waals surface area contributed by atoms with Crippen LogP contribution in [0.15, 0.2) is 36.9 Å². The smallest absolute Gasteiger partial charge is 0.239 e. The van der Waals surface area contributed by atoms with Crippen molar-refractivity contribution in [1.29, 1.82) is 0 Å². The van der Waals surface area contributed by atoms with E-state index in [2.05, 4.69) is 37.2 Å². The van der Waals surface area contributed by atoms with Gasteiger partial charge in [-0.3, -0.25) is 19.4 Å². The molecule has 3 aromatic heterocycles. The zero-order valence-electron chi connectivity index (χ0n) is 15.6. The number of hydrogen-bond donors (Lipinski definition) is 1. The first kappa shape index (κ1) is 17.6. The van der Waals surface area contributed by atoms with Crippen LogP contribution in [0, 0.1) is 0 Å². The molecule has 0 saturated carbocycles. The number of carbonyl (C=O) groups is 1. The lowest BCUT2D eigenvalue weighted by Crippen LogP contribution is -2.47. The standard InChI is InChI=1S/C19H23N7O/c1-24-3-5-26(6-4-24)13-19(27)23-18-8-14-7-17(16-11-22-25(2)12-16)20-9-15(14)10-21-18/h7-12H,3-6,13H2,1-2H3,(H,21,23,27). The molecule has 1 N–H and O–H groups in total. The molecule has 0 bridgehead atoms. The molecule has 1 amide bonds. The molecule has 0 spiro atoms. The van der Waals surface area contributed by atoms with Gasteiger partial charge < -0.3 is 10.2 Å². The summed E-state index contributed by atoms with van der Waals surface area (Å²) in [6, 6.07) is 3.88. The predicted molar refractivity (Wildman–Crippen MR) is 104 cm³/mol. The first-order chi connectivity index (χ1) is 13.1. The summed E-state index contributed by atoms with van der Waals surface area (Å²) in [5, 5.41) is 9.01. The number of pyridine rings is 2. The van der Waals surface area contributed by atoms with E-state index in [4.69, 9.17) is 0 Å². The molecule has 4 rings (SSSR count). The Morgan fingerprint density at radius 2 is 1.81 bits per heavy atom. The minimum atomic E-state index is -0.0343. The number of hydrogen-bond acceptors (Lipinski definition) is 6. The van der Waals surface area contributed by atoms with Crippen molar-refractivity contribution in [3.05, 3.63) is 36.9 Å². The summed E-state index contributed by atoms with van der Waals surface area (Å²) in [5.74, 6) is 0.526. The Hall–Kier alpha value is -2.84. The maximum atomic E-state index is 12.4. The lowest BCUT2D eigenvalue weighted by atomic mass is 10.1. The highest BCUT2D eigenvalue weighted by Crippen LogP contribution is 2.22. The molecule has 27 heavy (non-hydrogen) atoms. The molecule has 0 aliphatic carbocycles. The van der Waals surface area contributed by atoms with Crippen LogP contribution in [0.2, 0.25) is 0 Å². The lowest BCUT2D eigenvalue weighted by Gasteiger charge is -2.31. The first-order valence-electron chi connectivity index (χ1n) is 9.02. The van der Waals surface area contributed by atoms with E-state index in [1.807, 2.05) is 25.4 Å². The minimum absolute atomic E-state index is 0.0343. The van der Waals surface area contributed by atoms with E-state index >= 15 is 0 Å². The molecule has 3 aromatic rings. The summed E-state index contributed by atoms with van der Waals surface area (Å²) < 4.78 is 1.75. The second-order valence-electron chi connectivity index (χ2n) is 7.02. The van der Waals surface area contributed by atoms with Crippen LogP contribution < -0.4 is 5.32 Å². The second kappa shape index (κ2) is 7.42. The Bertz CT molecular complexity index is 960. The van der Waals surface area contributed by atoms with E-state index in [9.17, 15) is 4.79 Å². The van der Waals surface area contributed by atoms with Crippen molar-refractivity contribution in [2.75, 3.05) is 45.1 Å². The first-order valence-corrected chi connectivity index (χ1v) is 9.02. The summed E-state index contributed by atoms with van der Waals surface area (Å²) >= 11 is 0. The maximum absolute atomic E-state index is 12.4. The van der Waals surface area contributed by atoms with Crippen LogP contribution in [0.25, 0.3) is 22.0 Å². The number of nitrogens with zero attached hydrogens (tertiary/aromatic N) is 6. The third kappa shape index (κ3) is 4.12. The highest BCUT2D eigenvalue weighted by atomic mass is 16.2. The predicted octanol–water partition coefficient (Wildman–Crippen LogP) is 1.22. The summed E-state index contributed by atoms with van der Waals surface area (Å²) in [6.45, 7) is 4.20. The molecule has 1 aliphatic rings. The van der Waals surface area contributed by atoms with Crippen molar-refractivity contribution in [2.45, 2.75) is 0 Å². The number of rotatable bonds is 4. The van der Waals surface area contributed by atoms with E-state index in [1.165, 1.54) is 0 Å². The number of aryl methyl sites for hydroxylation is 1. The molecule has 1 fully saturated rings. The van der Waals surface area contributed by atoms with Gasteiger partial charge in [0.1, 0.15) is 5.82 Å². The van der Waals surface area contributed by atoms with Gasteiger partial charge in [0.2, 0.25) is 5.91 Å². The van der Waals surface area contributed by atoms with Gasteiger partial charge in [0.25, 0.3) is 0 Å². The quantitative estimate of drug-likeness (QED) is 0.749. The molecule has 0 atom stereocenters. The number of likely N-dealkylation sites (N-methyl/N-ethyl adjacent to an activating group) is 1. The summed E-state index contributed by atoms with van der Waals surface area (Å²) in [6.07, 6.45) is 7.24. The topological polar surface area (TPSA) is 79.2 Å². The van der Waals surface area contributed by atoms with Gasteiger partial charge in [-0.2, -0.15) is 5.10 Å². The Kier molecular flexibility index (Phi) is 4.83. The van der Waals surface area contributed by atoms with E-state index in [0.29, 0.717) is 12.4 Å². The number of piperazine rings is 1. The van der Waals surface area contributed by atoms with Crippen LogP contribution in [-0.4, -0.2) is 75.2 Å². The van der Waals surface area contributed by atoms with Crippen molar-refractivity contribution in [3.8, 4) is 11.3 Å². The van der Waals surface area contributed by atoms with Crippen LogP contribution in [0.4, 0.5) is 5.82 Å². The Balaban J connectivity index is 1.48. The van der Waals surface area contributed by atoms with Crippen LogP contribution in [-0.2, 0) is 11.8 Å². The molecule has 1 saturated heterocycles. The van der Waals surface area contributed by atoms with Gasteiger partial charge in [-0.25, -0.2) is 4.98 Å². The van der Waals surface area contributed by atoms with Gasteiger partial charge in [0, 0.05) is 62.8 Å². The average Bonchev–Trinajstić information content (AvgIpc) is 3.09. The molecular weight excluding hydrogens is 342 g/mol. The van der Waals surface area contributed by atoms with Gasteiger partial charge in [-0.15, -0.1) is 0 Å². The van der Waals surface area contributed by atoms with Crippen LogP contribution in [0.3, 0.4) is 0 Å². The number of fused-ring (bicyclic) bond motifs is 1. The fourth-order valence-corrected chi connectivity index (χ4v) is 3.21. The molecule has 4 heterocycles. The third-order valence-electron chi connectivity index (χ3n) is 4.83. The van der Waals surface area contributed by atoms with Crippen LogP contribution in [0.1, 0.15) is 0 Å². The van der Waals surface area contributed by atoms with Crippen LogP contribution in [0.5, 0.6) is 0 Å². The highest BCUT2D eigenvalue weighted by Gasteiger charge is 2.17. The Labute approximate surface area is 157 Å².